The van der Waals surface area contributed by atoms with Crippen molar-refractivity contribution in [1.29, 1.82) is 0 Å². The third-order valence-electron chi connectivity index (χ3n) is 2.28. The Kier molecular flexibility index (Phi) is 3.15. The molecule has 1 aromatic heterocycles. The molecule has 0 spiro atoms. The summed E-state index contributed by atoms with van der Waals surface area (Å²) in [5.74, 6) is -0.512. The lowest BCUT2D eigenvalue weighted by molar-refractivity contribution is 0.0521. The molecule has 17 heavy (non-hydrogen) atoms. The monoisotopic (exact) mass is 250 g/mol. The summed E-state index contributed by atoms with van der Waals surface area (Å²) in [6.07, 6.45) is 0. The number of carbonyl (C=O) groups is 1. The van der Waals surface area contributed by atoms with Crippen LogP contribution in [0.5, 0.6) is 0 Å². The zero-order chi connectivity index (χ0) is 12.4. The van der Waals surface area contributed by atoms with Gasteiger partial charge in [-0.1, -0.05) is 11.6 Å². The molecule has 0 fully saturated rings. The van der Waals surface area contributed by atoms with Crippen LogP contribution in [-0.2, 0) is 4.74 Å². The van der Waals surface area contributed by atoms with Crippen LogP contribution < -0.4 is 5.73 Å². The van der Waals surface area contributed by atoms with E-state index in [0.29, 0.717) is 22.8 Å². The van der Waals surface area contributed by atoms with Crippen LogP contribution >= 0.6 is 11.6 Å². The van der Waals surface area contributed by atoms with E-state index in [2.05, 4.69) is 4.98 Å². The number of nitrogen functional groups attached to an aromatic ring is 1. The summed E-state index contributed by atoms with van der Waals surface area (Å²) in [4.78, 5) is 15.8. The average Bonchev–Trinajstić information content (AvgIpc) is 2.28. The highest BCUT2D eigenvalue weighted by Gasteiger charge is 2.13. The van der Waals surface area contributed by atoms with Gasteiger partial charge in [-0.3, -0.25) is 0 Å². The molecular formula is C12H11ClN2O2. The topological polar surface area (TPSA) is 65.2 Å². The summed E-state index contributed by atoms with van der Waals surface area (Å²) in [7, 11) is 0. The van der Waals surface area contributed by atoms with Gasteiger partial charge < -0.3 is 10.5 Å². The Bertz CT molecular complexity index is 584. The van der Waals surface area contributed by atoms with Crippen LogP contribution in [0.2, 0.25) is 5.02 Å². The summed E-state index contributed by atoms with van der Waals surface area (Å²) in [5.41, 5.74) is 6.85. The number of hydrogen-bond acceptors (Lipinski definition) is 4. The fraction of sp³-hybridized carbons (Fsp3) is 0.167. The molecule has 2 aromatic rings. The first-order valence-corrected chi connectivity index (χ1v) is 5.52. The Balaban J connectivity index is 2.55. The molecule has 0 aliphatic heterocycles. The van der Waals surface area contributed by atoms with E-state index in [1.807, 2.05) is 0 Å². The molecule has 0 unspecified atom stereocenters. The summed E-state index contributed by atoms with van der Waals surface area (Å²) >= 11 is 5.86. The molecule has 2 rings (SSSR count). The Morgan fingerprint density at radius 1 is 1.47 bits per heavy atom. The third-order valence-corrected chi connectivity index (χ3v) is 2.51. The molecule has 4 nitrogen and oxygen atoms in total. The molecule has 0 saturated carbocycles. The second kappa shape index (κ2) is 4.59. The highest BCUT2D eigenvalue weighted by molar-refractivity contribution is 6.31. The molecule has 0 amide bonds. The zero-order valence-corrected chi connectivity index (χ0v) is 9.99. The minimum absolute atomic E-state index is 0.140. The highest BCUT2D eigenvalue weighted by Crippen LogP contribution is 2.22. The quantitative estimate of drug-likeness (QED) is 0.832. The number of benzene rings is 1. The van der Waals surface area contributed by atoms with Crippen molar-refractivity contribution in [3.05, 3.63) is 35.0 Å². The second-order valence-corrected chi connectivity index (χ2v) is 3.92. The van der Waals surface area contributed by atoms with E-state index < -0.39 is 5.97 Å². The van der Waals surface area contributed by atoms with E-state index in [0.717, 1.165) is 5.39 Å². The SMILES string of the molecule is CCOC(=O)c1nc2ccc(Cl)cc2cc1N. The van der Waals surface area contributed by atoms with Gasteiger partial charge in [0, 0.05) is 10.4 Å². The number of anilines is 1. The van der Waals surface area contributed by atoms with Gasteiger partial charge in [0.15, 0.2) is 5.69 Å². The van der Waals surface area contributed by atoms with E-state index in [9.17, 15) is 4.79 Å². The number of carbonyl (C=O) groups excluding carboxylic acids is 1. The van der Waals surface area contributed by atoms with Crippen molar-refractivity contribution in [2.24, 2.45) is 0 Å². The molecular weight excluding hydrogens is 240 g/mol. The van der Waals surface area contributed by atoms with E-state index in [4.69, 9.17) is 22.1 Å². The van der Waals surface area contributed by atoms with Crippen molar-refractivity contribution in [3.63, 3.8) is 0 Å². The molecule has 5 heteroatoms. The number of aromatic nitrogens is 1. The zero-order valence-electron chi connectivity index (χ0n) is 9.24. The van der Waals surface area contributed by atoms with E-state index >= 15 is 0 Å². The molecule has 88 valence electrons. The number of halogens is 1. The van der Waals surface area contributed by atoms with Gasteiger partial charge in [0.05, 0.1) is 17.8 Å². The Morgan fingerprint density at radius 3 is 2.94 bits per heavy atom. The van der Waals surface area contributed by atoms with E-state index in [1.54, 1.807) is 31.2 Å². The van der Waals surface area contributed by atoms with Gasteiger partial charge in [-0.25, -0.2) is 9.78 Å². The van der Waals surface area contributed by atoms with Gasteiger partial charge >= 0.3 is 5.97 Å². The van der Waals surface area contributed by atoms with Gasteiger partial charge in [0.2, 0.25) is 0 Å². The minimum atomic E-state index is -0.512. The molecule has 0 radical (unpaired) electrons. The molecule has 1 aromatic carbocycles. The molecule has 0 aliphatic rings. The molecule has 0 atom stereocenters. The van der Waals surface area contributed by atoms with Crippen molar-refractivity contribution in [3.8, 4) is 0 Å². The van der Waals surface area contributed by atoms with Crippen molar-refractivity contribution in [2.75, 3.05) is 12.3 Å². The number of fused-ring (bicyclic) bond motifs is 1. The van der Waals surface area contributed by atoms with Gasteiger partial charge in [-0.2, -0.15) is 0 Å². The molecule has 1 heterocycles. The van der Waals surface area contributed by atoms with Crippen molar-refractivity contribution in [1.82, 2.24) is 4.98 Å². The van der Waals surface area contributed by atoms with Crippen LogP contribution in [0.25, 0.3) is 10.9 Å². The van der Waals surface area contributed by atoms with Gasteiger partial charge in [-0.15, -0.1) is 0 Å². The smallest absolute Gasteiger partial charge is 0.359 e. The lowest BCUT2D eigenvalue weighted by Gasteiger charge is -2.06. The fourth-order valence-corrected chi connectivity index (χ4v) is 1.71. The first-order chi connectivity index (χ1) is 8.11. The van der Waals surface area contributed by atoms with Crippen LogP contribution in [0.4, 0.5) is 5.69 Å². The van der Waals surface area contributed by atoms with Gasteiger partial charge in [0.25, 0.3) is 0 Å². The molecule has 2 N–H and O–H groups in total. The number of esters is 1. The first kappa shape index (κ1) is 11.7. The number of ether oxygens (including phenoxy) is 1. The first-order valence-electron chi connectivity index (χ1n) is 5.14. The lowest BCUT2D eigenvalue weighted by Crippen LogP contribution is -2.10. The van der Waals surface area contributed by atoms with Gasteiger partial charge in [-0.05, 0) is 31.2 Å². The van der Waals surface area contributed by atoms with Crippen LogP contribution in [-0.4, -0.2) is 17.6 Å². The summed E-state index contributed by atoms with van der Waals surface area (Å²) < 4.78 is 4.87. The van der Waals surface area contributed by atoms with Crippen LogP contribution in [0.3, 0.4) is 0 Å². The maximum atomic E-state index is 11.6. The predicted molar refractivity (Wildman–Crippen MR) is 67.1 cm³/mol. The van der Waals surface area contributed by atoms with E-state index in [-0.39, 0.29) is 5.69 Å². The number of nitrogens with zero attached hydrogens (tertiary/aromatic N) is 1. The predicted octanol–water partition coefficient (Wildman–Crippen LogP) is 2.65. The number of hydrogen-bond donors (Lipinski definition) is 1. The van der Waals surface area contributed by atoms with Crippen molar-refractivity contribution < 1.29 is 9.53 Å². The Morgan fingerprint density at radius 2 is 2.24 bits per heavy atom. The molecule has 0 bridgehead atoms. The Hall–Kier alpha value is -1.81. The van der Waals surface area contributed by atoms with Crippen molar-refractivity contribution in [2.45, 2.75) is 6.92 Å². The van der Waals surface area contributed by atoms with E-state index in [1.165, 1.54) is 0 Å². The maximum absolute atomic E-state index is 11.6. The number of rotatable bonds is 2. The Labute approximate surface area is 103 Å². The average molecular weight is 251 g/mol. The second-order valence-electron chi connectivity index (χ2n) is 3.48. The van der Waals surface area contributed by atoms with Crippen LogP contribution in [0.1, 0.15) is 17.4 Å². The molecule has 0 saturated heterocycles. The third kappa shape index (κ3) is 2.31. The summed E-state index contributed by atoms with van der Waals surface area (Å²) in [6.45, 7) is 2.02. The number of nitrogens with two attached hydrogens (primary N) is 1. The largest absolute Gasteiger partial charge is 0.461 e. The van der Waals surface area contributed by atoms with Crippen molar-refractivity contribution >= 4 is 34.2 Å². The fourth-order valence-electron chi connectivity index (χ4n) is 1.53. The summed E-state index contributed by atoms with van der Waals surface area (Å²) in [6, 6.07) is 6.86. The number of pyridine rings is 1. The van der Waals surface area contributed by atoms with Gasteiger partial charge in [0.1, 0.15) is 0 Å². The lowest BCUT2D eigenvalue weighted by atomic mass is 10.2. The molecule has 0 aliphatic carbocycles. The summed E-state index contributed by atoms with van der Waals surface area (Å²) in [5, 5.41) is 1.39. The maximum Gasteiger partial charge on any atom is 0.359 e. The normalized spacial score (nSPS) is 10.5. The standard InChI is InChI=1S/C12H11ClN2O2/c1-2-17-12(16)11-9(14)6-7-5-8(13)3-4-10(7)15-11/h3-6H,2,14H2,1H3. The van der Waals surface area contributed by atoms with Crippen LogP contribution in [0.15, 0.2) is 24.3 Å². The highest BCUT2D eigenvalue weighted by atomic mass is 35.5. The van der Waals surface area contributed by atoms with Crippen LogP contribution in [0, 0.1) is 0 Å². The minimum Gasteiger partial charge on any atom is -0.461 e.